The van der Waals surface area contributed by atoms with Crippen molar-refractivity contribution in [3.8, 4) is 0 Å². The largest absolute Gasteiger partial charge is 0.443 e. The normalized spacial score (nSPS) is 21.6. The van der Waals surface area contributed by atoms with Crippen molar-refractivity contribution in [3.05, 3.63) is 0 Å². The molecule has 0 radical (unpaired) electrons. The number of nitrogens with one attached hydrogen (secondary N) is 1. The summed E-state index contributed by atoms with van der Waals surface area (Å²) in [6.07, 6.45) is -0.339. The zero-order valence-corrected chi connectivity index (χ0v) is 12.1. The average molecular weight is 244 g/mol. The molecule has 1 amide bonds. The van der Waals surface area contributed by atoms with Crippen molar-refractivity contribution < 1.29 is 9.53 Å². The molecule has 0 atom stereocenters. The average Bonchev–Trinajstić information content (AvgIpc) is 2.05. The number of hydrazine groups is 1. The van der Waals surface area contributed by atoms with Crippen LogP contribution in [-0.4, -0.2) is 37.9 Å². The Hall–Kier alpha value is -0.553. The molecule has 0 bridgehead atoms. The Kier molecular flexibility index (Phi) is 4.01. The van der Waals surface area contributed by atoms with Gasteiger partial charge in [0.2, 0.25) is 0 Å². The van der Waals surface area contributed by atoms with Crippen LogP contribution in [0.25, 0.3) is 0 Å². The third-order valence-electron chi connectivity index (χ3n) is 2.77. The molecule has 1 N–H and O–H groups in total. The van der Waals surface area contributed by atoms with Crippen molar-refractivity contribution in [2.24, 2.45) is 0 Å². The molecule has 0 aromatic heterocycles. The molecule has 1 rings (SSSR count). The van der Waals surface area contributed by atoms with Crippen LogP contribution in [0.2, 0.25) is 25.2 Å². The molecule has 0 aliphatic carbocycles. The lowest BCUT2D eigenvalue weighted by molar-refractivity contribution is 0.0338. The monoisotopic (exact) mass is 244 g/mol. The highest BCUT2D eigenvalue weighted by atomic mass is 28.3. The fourth-order valence-corrected chi connectivity index (χ4v) is 3.65. The SMILES string of the molecule is CC(C)(C)OC(=O)NN1CC[Si](C)(C)CC1. The minimum atomic E-state index is -0.964. The van der Waals surface area contributed by atoms with Crippen LogP contribution in [-0.2, 0) is 4.74 Å². The van der Waals surface area contributed by atoms with E-state index in [9.17, 15) is 4.79 Å². The predicted octanol–water partition coefficient (Wildman–Crippen LogP) is 2.45. The Labute approximate surface area is 99.3 Å². The molecule has 1 aliphatic rings. The number of hydrogen-bond acceptors (Lipinski definition) is 3. The third-order valence-corrected chi connectivity index (χ3v) is 5.92. The van der Waals surface area contributed by atoms with E-state index in [2.05, 4.69) is 18.5 Å². The first kappa shape index (κ1) is 13.5. The highest BCUT2D eigenvalue weighted by Crippen LogP contribution is 2.20. The van der Waals surface area contributed by atoms with Gasteiger partial charge < -0.3 is 4.74 Å². The van der Waals surface area contributed by atoms with E-state index in [0.717, 1.165) is 13.1 Å². The molecule has 0 unspecified atom stereocenters. The Morgan fingerprint density at radius 3 is 2.19 bits per heavy atom. The molecular weight excluding hydrogens is 220 g/mol. The number of carbonyl (C=O) groups excluding carboxylic acids is 1. The molecule has 1 heterocycles. The van der Waals surface area contributed by atoms with Gasteiger partial charge in [-0.1, -0.05) is 13.1 Å². The van der Waals surface area contributed by atoms with Crippen molar-refractivity contribution >= 4 is 14.2 Å². The van der Waals surface area contributed by atoms with E-state index in [1.165, 1.54) is 12.1 Å². The smallest absolute Gasteiger partial charge is 0.422 e. The van der Waals surface area contributed by atoms with Crippen molar-refractivity contribution in [1.29, 1.82) is 0 Å². The lowest BCUT2D eigenvalue weighted by atomic mass is 10.2. The van der Waals surface area contributed by atoms with Gasteiger partial charge in [-0.15, -0.1) is 0 Å². The van der Waals surface area contributed by atoms with E-state index in [1.807, 2.05) is 25.8 Å². The summed E-state index contributed by atoms with van der Waals surface area (Å²) in [7, 11) is -0.964. The molecule has 1 aliphatic heterocycles. The predicted molar refractivity (Wildman–Crippen MR) is 68.0 cm³/mol. The van der Waals surface area contributed by atoms with Gasteiger partial charge in [-0.05, 0) is 32.9 Å². The van der Waals surface area contributed by atoms with Crippen molar-refractivity contribution in [1.82, 2.24) is 10.4 Å². The number of amides is 1. The van der Waals surface area contributed by atoms with Gasteiger partial charge in [0.25, 0.3) is 0 Å². The quantitative estimate of drug-likeness (QED) is 0.720. The summed E-state index contributed by atoms with van der Waals surface area (Å²) >= 11 is 0. The summed E-state index contributed by atoms with van der Waals surface area (Å²) in [5.74, 6) is 0. The Morgan fingerprint density at radius 1 is 1.25 bits per heavy atom. The second kappa shape index (κ2) is 4.75. The molecule has 5 heteroatoms. The maximum absolute atomic E-state index is 11.5. The minimum Gasteiger partial charge on any atom is -0.443 e. The van der Waals surface area contributed by atoms with Gasteiger partial charge in [-0.3, -0.25) is 5.43 Å². The van der Waals surface area contributed by atoms with Crippen LogP contribution in [0.3, 0.4) is 0 Å². The zero-order valence-electron chi connectivity index (χ0n) is 11.1. The fraction of sp³-hybridized carbons (Fsp3) is 0.909. The molecule has 1 fully saturated rings. The third kappa shape index (κ3) is 4.98. The molecule has 16 heavy (non-hydrogen) atoms. The Morgan fingerprint density at radius 2 is 1.75 bits per heavy atom. The first-order chi connectivity index (χ1) is 7.18. The Bertz CT molecular complexity index is 251. The van der Waals surface area contributed by atoms with Crippen molar-refractivity contribution in [2.45, 2.75) is 51.6 Å². The number of ether oxygens (including phenoxy) is 1. The summed E-state index contributed by atoms with van der Waals surface area (Å²) in [5, 5.41) is 1.98. The summed E-state index contributed by atoms with van der Waals surface area (Å²) in [4.78, 5) is 11.5. The first-order valence-electron chi connectivity index (χ1n) is 5.93. The second-order valence-corrected chi connectivity index (χ2v) is 11.6. The van der Waals surface area contributed by atoms with E-state index in [-0.39, 0.29) is 6.09 Å². The summed E-state index contributed by atoms with van der Waals surface area (Å²) in [6, 6.07) is 2.48. The van der Waals surface area contributed by atoms with Gasteiger partial charge in [-0.2, -0.15) is 0 Å². The summed E-state index contributed by atoms with van der Waals surface area (Å²) in [5.41, 5.74) is 2.38. The molecule has 0 aromatic rings. The van der Waals surface area contributed by atoms with Crippen LogP contribution < -0.4 is 5.43 Å². The van der Waals surface area contributed by atoms with Gasteiger partial charge in [0, 0.05) is 21.2 Å². The second-order valence-electron chi connectivity index (χ2n) is 6.26. The molecule has 4 nitrogen and oxygen atoms in total. The van der Waals surface area contributed by atoms with Crippen LogP contribution >= 0.6 is 0 Å². The molecule has 1 saturated heterocycles. The summed E-state index contributed by atoms with van der Waals surface area (Å²) in [6.45, 7) is 12.3. The molecule has 0 saturated carbocycles. The number of carbonyl (C=O) groups is 1. The molecular formula is C11H24N2O2Si. The fourth-order valence-electron chi connectivity index (χ4n) is 1.65. The van der Waals surface area contributed by atoms with Crippen LogP contribution in [0.4, 0.5) is 4.79 Å². The highest BCUT2D eigenvalue weighted by Gasteiger charge is 2.28. The van der Waals surface area contributed by atoms with Crippen molar-refractivity contribution in [3.63, 3.8) is 0 Å². The molecule has 0 spiro atoms. The highest BCUT2D eigenvalue weighted by molar-refractivity contribution is 6.77. The number of hydrogen-bond donors (Lipinski definition) is 1. The maximum atomic E-state index is 11.5. The topological polar surface area (TPSA) is 41.6 Å². The van der Waals surface area contributed by atoms with E-state index >= 15 is 0 Å². The minimum absolute atomic E-state index is 0.339. The van der Waals surface area contributed by atoms with Gasteiger partial charge in [0.15, 0.2) is 0 Å². The van der Waals surface area contributed by atoms with Gasteiger partial charge in [-0.25, -0.2) is 9.80 Å². The van der Waals surface area contributed by atoms with Gasteiger partial charge in [0.05, 0.1) is 0 Å². The van der Waals surface area contributed by atoms with Crippen LogP contribution in [0.5, 0.6) is 0 Å². The lowest BCUT2D eigenvalue weighted by Gasteiger charge is -2.35. The standard InChI is InChI=1S/C11H24N2O2Si/c1-11(2,3)15-10(14)12-13-6-8-16(4,5)9-7-13/h6-9H2,1-5H3,(H,12,14). The van der Waals surface area contributed by atoms with Crippen molar-refractivity contribution in [2.75, 3.05) is 13.1 Å². The maximum Gasteiger partial charge on any atom is 0.422 e. The van der Waals surface area contributed by atoms with E-state index in [4.69, 9.17) is 4.74 Å². The van der Waals surface area contributed by atoms with Crippen LogP contribution in [0.1, 0.15) is 20.8 Å². The van der Waals surface area contributed by atoms with Crippen LogP contribution in [0.15, 0.2) is 0 Å². The number of rotatable bonds is 1. The molecule has 94 valence electrons. The van der Waals surface area contributed by atoms with Gasteiger partial charge in [0.1, 0.15) is 5.60 Å². The first-order valence-corrected chi connectivity index (χ1v) is 9.34. The number of nitrogens with zero attached hydrogens (tertiary/aromatic N) is 1. The lowest BCUT2D eigenvalue weighted by Crippen LogP contribution is -2.51. The van der Waals surface area contributed by atoms with Crippen LogP contribution in [0, 0.1) is 0 Å². The zero-order chi connectivity index (χ0) is 12.4. The Balaban J connectivity index is 2.32. The molecule has 0 aromatic carbocycles. The van der Waals surface area contributed by atoms with E-state index in [1.54, 1.807) is 0 Å². The van der Waals surface area contributed by atoms with E-state index < -0.39 is 13.7 Å². The van der Waals surface area contributed by atoms with Gasteiger partial charge >= 0.3 is 6.09 Å². The summed E-state index contributed by atoms with van der Waals surface area (Å²) < 4.78 is 5.21. The van der Waals surface area contributed by atoms with E-state index in [0.29, 0.717) is 0 Å².